The van der Waals surface area contributed by atoms with Crippen molar-refractivity contribution >= 4 is 10.9 Å². The van der Waals surface area contributed by atoms with Crippen molar-refractivity contribution in [3.63, 3.8) is 0 Å². The maximum absolute atomic E-state index is 4.58. The largest absolute Gasteiger partial charge is 0.307 e. The molecule has 2 heteroatoms. The molecule has 0 saturated heterocycles. The quantitative estimate of drug-likeness (QED) is 0.788. The third-order valence-corrected chi connectivity index (χ3v) is 2.39. The van der Waals surface area contributed by atoms with Gasteiger partial charge in [0.15, 0.2) is 0 Å². The van der Waals surface area contributed by atoms with E-state index in [-0.39, 0.29) is 0 Å². The number of para-hydroxylation sites is 1. The van der Waals surface area contributed by atoms with Crippen LogP contribution in [0.5, 0.6) is 0 Å². The van der Waals surface area contributed by atoms with Crippen LogP contribution in [0, 0.1) is 0 Å². The van der Waals surface area contributed by atoms with Crippen molar-refractivity contribution in [3.05, 3.63) is 54.2 Å². The molecule has 2 rings (SSSR count). The molecule has 1 aromatic carbocycles. The molecule has 0 spiro atoms. The highest BCUT2D eigenvalue weighted by Crippen LogP contribution is 2.11. The summed E-state index contributed by atoms with van der Waals surface area (Å²) < 4.78 is 0. The Bertz CT molecular complexity index is 503. The molecule has 82 valence electrons. The second-order valence-corrected chi connectivity index (χ2v) is 4.06. The van der Waals surface area contributed by atoms with Gasteiger partial charge in [0.1, 0.15) is 0 Å². The zero-order valence-corrected chi connectivity index (χ0v) is 9.53. The van der Waals surface area contributed by atoms with Gasteiger partial charge in [-0.25, -0.2) is 0 Å². The van der Waals surface area contributed by atoms with Gasteiger partial charge in [-0.3, -0.25) is 4.98 Å². The van der Waals surface area contributed by atoms with Crippen LogP contribution >= 0.6 is 0 Å². The standard InChI is InChI=1S/C14H16N2/c1-11(2)9-15-10-13-8-7-12-5-3-4-6-14(12)16-13/h3-8,15H,1,9-10H2,2H3. The number of nitrogens with zero attached hydrogens (tertiary/aromatic N) is 1. The fourth-order valence-corrected chi connectivity index (χ4v) is 1.61. The average Bonchev–Trinajstić information content (AvgIpc) is 2.28. The Morgan fingerprint density at radius 1 is 1.25 bits per heavy atom. The first-order valence-corrected chi connectivity index (χ1v) is 5.45. The summed E-state index contributed by atoms with van der Waals surface area (Å²) in [5.74, 6) is 0. The van der Waals surface area contributed by atoms with Crippen molar-refractivity contribution in [1.82, 2.24) is 10.3 Å². The van der Waals surface area contributed by atoms with E-state index >= 15 is 0 Å². The van der Waals surface area contributed by atoms with Crippen molar-refractivity contribution in [2.75, 3.05) is 6.54 Å². The first-order chi connectivity index (χ1) is 7.75. The van der Waals surface area contributed by atoms with E-state index in [1.165, 1.54) is 5.39 Å². The van der Waals surface area contributed by atoms with Crippen LogP contribution in [0.4, 0.5) is 0 Å². The zero-order chi connectivity index (χ0) is 11.4. The minimum absolute atomic E-state index is 0.789. The highest BCUT2D eigenvalue weighted by Gasteiger charge is 1.97. The van der Waals surface area contributed by atoms with E-state index in [0.717, 1.165) is 29.9 Å². The van der Waals surface area contributed by atoms with Gasteiger partial charge in [0.05, 0.1) is 11.2 Å². The fourth-order valence-electron chi connectivity index (χ4n) is 1.61. The first kappa shape index (κ1) is 10.8. The summed E-state index contributed by atoms with van der Waals surface area (Å²) in [4.78, 5) is 4.58. The Morgan fingerprint density at radius 3 is 2.88 bits per heavy atom. The maximum atomic E-state index is 4.58. The molecule has 0 aliphatic heterocycles. The predicted octanol–water partition coefficient (Wildman–Crippen LogP) is 2.90. The van der Waals surface area contributed by atoms with Crippen molar-refractivity contribution in [3.8, 4) is 0 Å². The van der Waals surface area contributed by atoms with Gasteiger partial charge in [-0.2, -0.15) is 0 Å². The maximum Gasteiger partial charge on any atom is 0.0705 e. The Balaban J connectivity index is 2.10. The SMILES string of the molecule is C=C(C)CNCc1ccc2ccccc2n1. The van der Waals surface area contributed by atoms with Crippen molar-refractivity contribution < 1.29 is 0 Å². The highest BCUT2D eigenvalue weighted by atomic mass is 14.9. The number of hydrogen-bond donors (Lipinski definition) is 1. The fraction of sp³-hybridized carbons (Fsp3) is 0.214. The zero-order valence-electron chi connectivity index (χ0n) is 9.53. The predicted molar refractivity (Wildman–Crippen MR) is 68.3 cm³/mol. The summed E-state index contributed by atoms with van der Waals surface area (Å²) in [7, 11) is 0. The highest BCUT2D eigenvalue weighted by molar-refractivity contribution is 5.78. The molecule has 0 amide bonds. The van der Waals surface area contributed by atoms with Crippen LogP contribution in [-0.2, 0) is 6.54 Å². The lowest BCUT2D eigenvalue weighted by Crippen LogP contribution is -2.15. The van der Waals surface area contributed by atoms with Crippen LogP contribution in [0.3, 0.4) is 0 Å². The van der Waals surface area contributed by atoms with Crippen LogP contribution in [0.15, 0.2) is 48.6 Å². The molecule has 0 radical (unpaired) electrons. The Labute approximate surface area is 96.0 Å². The summed E-state index contributed by atoms with van der Waals surface area (Å²) in [6.07, 6.45) is 0. The first-order valence-electron chi connectivity index (χ1n) is 5.45. The topological polar surface area (TPSA) is 24.9 Å². The van der Waals surface area contributed by atoms with E-state index in [4.69, 9.17) is 0 Å². The molecular weight excluding hydrogens is 196 g/mol. The third kappa shape index (κ3) is 2.67. The summed E-state index contributed by atoms with van der Waals surface area (Å²) in [5, 5.41) is 4.49. The second kappa shape index (κ2) is 4.90. The van der Waals surface area contributed by atoms with E-state index in [1.807, 2.05) is 25.1 Å². The van der Waals surface area contributed by atoms with Crippen molar-refractivity contribution in [1.29, 1.82) is 0 Å². The molecule has 0 aliphatic carbocycles. The van der Waals surface area contributed by atoms with Gasteiger partial charge in [-0.1, -0.05) is 36.4 Å². The Hall–Kier alpha value is -1.67. The Kier molecular flexibility index (Phi) is 3.32. The molecular formula is C14H16N2. The smallest absolute Gasteiger partial charge is 0.0705 e. The molecule has 0 saturated carbocycles. The van der Waals surface area contributed by atoms with E-state index in [2.05, 4.69) is 35.1 Å². The minimum Gasteiger partial charge on any atom is -0.307 e. The molecule has 2 aromatic rings. The van der Waals surface area contributed by atoms with E-state index in [9.17, 15) is 0 Å². The molecule has 1 heterocycles. The monoisotopic (exact) mass is 212 g/mol. The van der Waals surface area contributed by atoms with Crippen LogP contribution in [0.2, 0.25) is 0 Å². The van der Waals surface area contributed by atoms with Gasteiger partial charge in [-0.05, 0) is 19.1 Å². The second-order valence-electron chi connectivity index (χ2n) is 4.06. The van der Waals surface area contributed by atoms with Gasteiger partial charge >= 0.3 is 0 Å². The summed E-state index contributed by atoms with van der Waals surface area (Å²) in [6.45, 7) is 7.50. The van der Waals surface area contributed by atoms with Crippen LogP contribution in [0.25, 0.3) is 10.9 Å². The van der Waals surface area contributed by atoms with E-state index in [1.54, 1.807) is 0 Å². The molecule has 0 unspecified atom stereocenters. The number of benzene rings is 1. The van der Waals surface area contributed by atoms with E-state index < -0.39 is 0 Å². The number of fused-ring (bicyclic) bond motifs is 1. The lowest BCUT2D eigenvalue weighted by Gasteiger charge is -2.05. The number of pyridine rings is 1. The molecule has 0 atom stereocenters. The molecule has 0 bridgehead atoms. The molecule has 0 fully saturated rings. The third-order valence-electron chi connectivity index (χ3n) is 2.39. The van der Waals surface area contributed by atoms with Gasteiger partial charge in [-0.15, -0.1) is 0 Å². The van der Waals surface area contributed by atoms with Crippen molar-refractivity contribution in [2.24, 2.45) is 0 Å². The number of aromatic nitrogens is 1. The van der Waals surface area contributed by atoms with E-state index in [0.29, 0.717) is 0 Å². The Morgan fingerprint density at radius 2 is 2.06 bits per heavy atom. The van der Waals surface area contributed by atoms with Crippen LogP contribution in [-0.4, -0.2) is 11.5 Å². The lowest BCUT2D eigenvalue weighted by atomic mass is 10.2. The van der Waals surface area contributed by atoms with Gasteiger partial charge in [0, 0.05) is 18.5 Å². The molecule has 0 aliphatic rings. The minimum atomic E-state index is 0.789. The van der Waals surface area contributed by atoms with Gasteiger partial charge in [0.2, 0.25) is 0 Å². The number of rotatable bonds is 4. The normalized spacial score (nSPS) is 10.6. The summed E-state index contributed by atoms with van der Waals surface area (Å²) >= 11 is 0. The average molecular weight is 212 g/mol. The molecule has 2 nitrogen and oxygen atoms in total. The van der Waals surface area contributed by atoms with Gasteiger partial charge in [0.25, 0.3) is 0 Å². The summed E-state index contributed by atoms with van der Waals surface area (Å²) in [5.41, 5.74) is 3.26. The lowest BCUT2D eigenvalue weighted by molar-refractivity contribution is 0.726. The molecule has 1 aromatic heterocycles. The van der Waals surface area contributed by atoms with Crippen LogP contribution in [0.1, 0.15) is 12.6 Å². The van der Waals surface area contributed by atoms with Crippen molar-refractivity contribution in [2.45, 2.75) is 13.5 Å². The number of hydrogen-bond acceptors (Lipinski definition) is 2. The summed E-state index contributed by atoms with van der Waals surface area (Å²) in [6, 6.07) is 12.3. The number of nitrogens with one attached hydrogen (secondary N) is 1. The van der Waals surface area contributed by atoms with Gasteiger partial charge < -0.3 is 5.32 Å². The molecule has 16 heavy (non-hydrogen) atoms. The van der Waals surface area contributed by atoms with Crippen LogP contribution < -0.4 is 5.32 Å². The molecule has 1 N–H and O–H groups in total.